The molecule has 0 aliphatic rings. The lowest BCUT2D eigenvalue weighted by Crippen LogP contribution is -2.15. The van der Waals surface area contributed by atoms with E-state index in [4.69, 9.17) is 17.3 Å². The molecule has 3 aromatic heterocycles. The van der Waals surface area contributed by atoms with E-state index in [-0.39, 0.29) is 10.7 Å². The number of imidazole rings is 2. The van der Waals surface area contributed by atoms with E-state index in [1.54, 1.807) is 24.5 Å². The van der Waals surface area contributed by atoms with Crippen LogP contribution in [0.25, 0.3) is 28.3 Å². The lowest BCUT2D eigenvalue weighted by molar-refractivity contribution is 0.0993. The minimum absolute atomic E-state index is 0.0191. The van der Waals surface area contributed by atoms with E-state index in [9.17, 15) is 9.18 Å². The normalized spacial score (nSPS) is 11.3. The second-order valence-electron chi connectivity index (χ2n) is 6.61. The number of benzene rings is 1. The van der Waals surface area contributed by atoms with Crippen molar-refractivity contribution in [1.82, 2.24) is 24.1 Å². The number of primary amides is 1. The average molecular weight is 413 g/mol. The lowest BCUT2D eigenvalue weighted by Gasteiger charge is -2.10. The molecule has 0 bridgehead atoms. The molecule has 0 radical (unpaired) electrons. The molecule has 0 fully saturated rings. The predicted octanol–water partition coefficient (Wildman–Crippen LogP) is 3.95. The Balaban J connectivity index is 1.92. The summed E-state index contributed by atoms with van der Waals surface area (Å²) in [6.45, 7) is 2.84. The highest BCUT2D eigenvalue weighted by Crippen LogP contribution is 2.32. The van der Waals surface area contributed by atoms with Gasteiger partial charge in [0.2, 0.25) is 0 Å². The Morgan fingerprint density at radius 1 is 1.24 bits per heavy atom. The van der Waals surface area contributed by atoms with Crippen molar-refractivity contribution in [3.05, 3.63) is 59.4 Å². The summed E-state index contributed by atoms with van der Waals surface area (Å²) < 4.78 is 17.0. The van der Waals surface area contributed by atoms with Crippen molar-refractivity contribution in [3.8, 4) is 22.6 Å². The number of aromatic nitrogens is 5. The van der Waals surface area contributed by atoms with Crippen LogP contribution >= 0.6 is 11.6 Å². The Labute approximate surface area is 171 Å². The zero-order valence-corrected chi connectivity index (χ0v) is 16.4. The predicted molar refractivity (Wildman–Crippen MR) is 108 cm³/mol. The summed E-state index contributed by atoms with van der Waals surface area (Å²) in [5.41, 5.74) is 8.75. The molecule has 9 heteroatoms. The number of hydrogen-bond donors (Lipinski definition) is 1. The van der Waals surface area contributed by atoms with E-state index in [0.717, 1.165) is 25.1 Å². The molecule has 0 aliphatic carbocycles. The molecule has 0 unspecified atom stereocenters. The highest BCUT2D eigenvalue weighted by atomic mass is 35.5. The van der Waals surface area contributed by atoms with E-state index < -0.39 is 11.7 Å². The molecule has 2 N–H and O–H groups in total. The minimum Gasteiger partial charge on any atom is -0.364 e. The molecule has 0 atom stereocenters. The average Bonchev–Trinajstić information content (AvgIpc) is 3.32. The standard InChI is InChI=1S/C20H18ClFN6O/c1-2-3-8-27-11-25-18(12-4-5-14(22)13(21)9-12)19(27)15-6-7-17-24-10-16(20(23)29)28(17)26-15/h4-7,9-11H,2-3,8H2,1H3,(H2,23,29). The van der Waals surface area contributed by atoms with Crippen LogP contribution in [0.1, 0.15) is 30.3 Å². The van der Waals surface area contributed by atoms with Crippen molar-refractivity contribution >= 4 is 23.2 Å². The third kappa shape index (κ3) is 3.47. The van der Waals surface area contributed by atoms with E-state index >= 15 is 0 Å². The summed E-state index contributed by atoms with van der Waals surface area (Å²) in [5.74, 6) is -1.11. The van der Waals surface area contributed by atoms with E-state index in [0.29, 0.717) is 22.6 Å². The molecule has 3 heterocycles. The van der Waals surface area contributed by atoms with E-state index in [1.807, 2.05) is 4.57 Å². The number of carbonyl (C=O) groups excluding carboxylic acids is 1. The van der Waals surface area contributed by atoms with Gasteiger partial charge in [0.15, 0.2) is 5.65 Å². The highest BCUT2D eigenvalue weighted by molar-refractivity contribution is 6.31. The van der Waals surface area contributed by atoms with Crippen molar-refractivity contribution in [2.24, 2.45) is 5.73 Å². The zero-order valence-electron chi connectivity index (χ0n) is 15.6. The molecule has 4 aromatic rings. The molecule has 1 aromatic carbocycles. The van der Waals surface area contributed by atoms with Gasteiger partial charge in [0, 0.05) is 12.1 Å². The van der Waals surface area contributed by atoms with Crippen LogP contribution in [0.3, 0.4) is 0 Å². The van der Waals surface area contributed by atoms with Gasteiger partial charge in [-0.3, -0.25) is 4.79 Å². The Morgan fingerprint density at radius 2 is 2.07 bits per heavy atom. The number of aryl methyl sites for hydroxylation is 1. The second-order valence-corrected chi connectivity index (χ2v) is 7.02. The first-order valence-corrected chi connectivity index (χ1v) is 9.53. The number of fused-ring (bicyclic) bond motifs is 1. The van der Waals surface area contributed by atoms with Crippen molar-refractivity contribution in [2.75, 3.05) is 0 Å². The molecule has 1 amide bonds. The summed E-state index contributed by atoms with van der Waals surface area (Å²) in [6, 6.07) is 8.04. The molecule has 7 nitrogen and oxygen atoms in total. The van der Waals surface area contributed by atoms with Gasteiger partial charge in [0.05, 0.1) is 28.9 Å². The fourth-order valence-electron chi connectivity index (χ4n) is 3.17. The second kappa shape index (κ2) is 7.63. The number of nitrogens with zero attached hydrogens (tertiary/aromatic N) is 5. The number of unbranched alkanes of at least 4 members (excludes halogenated alkanes) is 1. The van der Waals surface area contributed by atoms with Gasteiger partial charge < -0.3 is 10.3 Å². The third-order valence-corrected chi connectivity index (χ3v) is 4.93. The van der Waals surface area contributed by atoms with Crippen LogP contribution < -0.4 is 5.73 Å². The first-order valence-electron chi connectivity index (χ1n) is 9.15. The third-order valence-electron chi connectivity index (χ3n) is 4.64. The monoisotopic (exact) mass is 412 g/mol. The molecule has 0 spiro atoms. The van der Waals surface area contributed by atoms with Crippen molar-refractivity contribution < 1.29 is 9.18 Å². The van der Waals surface area contributed by atoms with Crippen LogP contribution in [0.4, 0.5) is 4.39 Å². The summed E-state index contributed by atoms with van der Waals surface area (Å²) in [5, 5.41) is 4.60. The number of nitrogens with two attached hydrogens (primary N) is 1. The summed E-state index contributed by atoms with van der Waals surface area (Å²) >= 11 is 5.98. The number of rotatable bonds is 6. The van der Waals surface area contributed by atoms with Gasteiger partial charge >= 0.3 is 0 Å². The first kappa shape index (κ1) is 19.1. The van der Waals surface area contributed by atoms with Gasteiger partial charge in [-0.1, -0.05) is 24.9 Å². The van der Waals surface area contributed by atoms with Crippen LogP contribution in [0, 0.1) is 5.82 Å². The Kier molecular flexibility index (Phi) is 5.02. The maximum Gasteiger partial charge on any atom is 0.269 e. The summed E-state index contributed by atoms with van der Waals surface area (Å²) in [7, 11) is 0. The van der Waals surface area contributed by atoms with Gasteiger partial charge in [-0.05, 0) is 36.8 Å². The number of halogens is 2. The van der Waals surface area contributed by atoms with Crippen LogP contribution in [0.2, 0.25) is 5.02 Å². The largest absolute Gasteiger partial charge is 0.364 e. The molecule has 0 aliphatic heterocycles. The van der Waals surface area contributed by atoms with Crippen molar-refractivity contribution in [3.63, 3.8) is 0 Å². The Hall–Kier alpha value is -3.26. The SMILES string of the molecule is CCCCn1cnc(-c2ccc(F)c(Cl)c2)c1-c1ccc2ncc(C(N)=O)n2n1. The smallest absolute Gasteiger partial charge is 0.269 e. The molecule has 0 saturated carbocycles. The lowest BCUT2D eigenvalue weighted by atomic mass is 10.1. The summed E-state index contributed by atoms with van der Waals surface area (Å²) in [4.78, 5) is 20.4. The number of amides is 1. The highest BCUT2D eigenvalue weighted by Gasteiger charge is 2.19. The first-order chi connectivity index (χ1) is 14.0. The fourth-order valence-corrected chi connectivity index (χ4v) is 3.35. The molecule has 148 valence electrons. The zero-order chi connectivity index (χ0) is 20.5. The molecule has 0 saturated heterocycles. The van der Waals surface area contributed by atoms with Crippen LogP contribution in [-0.4, -0.2) is 30.1 Å². The van der Waals surface area contributed by atoms with Crippen molar-refractivity contribution in [2.45, 2.75) is 26.3 Å². The fraction of sp³-hybridized carbons (Fsp3) is 0.200. The van der Waals surface area contributed by atoms with Crippen LogP contribution in [0.15, 0.2) is 42.9 Å². The molecule has 29 heavy (non-hydrogen) atoms. The van der Waals surface area contributed by atoms with Gasteiger partial charge in [-0.2, -0.15) is 5.10 Å². The topological polar surface area (TPSA) is 91.1 Å². The van der Waals surface area contributed by atoms with Gasteiger partial charge in [0.1, 0.15) is 17.2 Å². The van der Waals surface area contributed by atoms with E-state index in [2.05, 4.69) is 22.0 Å². The van der Waals surface area contributed by atoms with Gasteiger partial charge in [-0.15, -0.1) is 0 Å². The van der Waals surface area contributed by atoms with Gasteiger partial charge in [-0.25, -0.2) is 18.9 Å². The van der Waals surface area contributed by atoms with Crippen LogP contribution in [-0.2, 0) is 6.54 Å². The minimum atomic E-state index is -0.618. The van der Waals surface area contributed by atoms with Crippen LogP contribution in [0.5, 0.6) is 0 Å². The van der Waals surface area contributed by atoms with Crippen molar-refractivity contribution in [1.29, 1.82) is 0 Å². The Morgan fingerprint density at radius 3 is 2.79 bits per heavy atom. The quantitative estimate of drug-likeness (QED) is 0.519. The molecular formula is C20H18ClFN6O. The van der Waals surface area contributed by atoms with Gasteiger partial charge in [0.25, 0.3) is 5.91 Å². The summed E-state index contributed by atoms with van der Waals surface area (Å²) in [6.07, 6.45) is 5.08. The maximum atomic E-state index is 13.6. The Bertz CT molecular complexity index is 1220. The molecule has 4 rings (SSSR count). The molecular weight excluding hydrogens is 395 g/mol. The maximum absolute atomic E-state index is 13.6. The van der Waals surface area contributed by atoms with E-state index in [1.165, 1.54) is 22.8 Å². The number of carbonyl (C=O) groups is 1. The number of hydrogen-bond acceptors (Lipinski definition) is 4.